The number of nitrogens with zero attached hydrogens (tertiary/aromatic N) is 2. The van der Waals surface area contributed by atoms with Crippen molar-refractivity contribution < 1.29 is 130 Å². The number of methoxy groups -OCH3 is 1. The second-order valence-corrected chi connectivity index (χ2v) is 40.5. The zero-order chi connectivity index (χ0) is 110. The Labute approximate surface area is 868 Å². The molecule has 1 aliphatic rings. The van der Waals surface area contributed by atoms with Gasteiger partial charge in [-0.3, -0.25) is 45.6 Å². The van der Waals surface area contributed by atoms with E-state index in [1.165, 1.54) is 55.0 Å². The zero-order valence-corrected chi connectivity index (χ0v) is 86.4. The van der Waals surface area contributed by atoms with Crippen molar-refractivity contribution in [2.45, 2.75) is 84.0 Å². The molecule has 5 amide bonds. The van der Waals surface area contributed by atoms with Crippen molar-refractivity contribution in [1.82, 2.24) is 32.8 Å². The number of alkyl halides is 6. The number of benzene rings is 9. The monoisotopic (exact) mass is 2270 g/mol. The Kier molecular flexibility index (Phi) is 38.0. The Morgan fingerprint density at radius 3 is 1.19 bits per heavy atom. The van der Waals surface area contributed by atoms with Crippen LogP contribution >= 0.6 is 22.6 Å². The van der Waals surface area contributed by atoms with Crippen LogP contribution in [0.4, 0.5) is 49.1 Å². The smallest absolute Gasteiger partial charge is 0.416 e. The van der Waals surface area contributed by atoms with E-state index in [1.54, 1.807) is 160 Å². The number of aryl methyl sites for hydroxylation is 2. The summed E-state index contributed by atoms with van der Waals surface area (Å²) in [5.74, 6) is -3.47. The molecule has 4 unspecified atom stereocenters. The van der Waals surface area contributed by atoms with Gasteiger partial charge in [0.1, 0.15) is 64.6 Å². The molecule has 0 bridgehead atoms. The number of nitrogens with two attached hydrogens (primary N) is 5. The minimum atomic E-state index is -5.18. The van der Waals surface area contributed by atoms with Crippen molar-refractivity contribution in [1.29, 1.82) is 21.6 Å². The maximum Gasteiger partial charge on any atom is 0.416 e. The van der Waals surface area contributed by atoms with E-state index in [4.69, 9.17) is 90.5 Å². The standard InChI is InChI=1S/C29H25F6N5O6S.C24H29N5O6S.C23H29N5O6S.C20H22IN5O5S/c1-3-45-22-11-16(10-21-14(2)13-46-24(21)22)23(27(42)40-47(37,43)44)38-20-6-4-15(5-7-20)25(36)39-26(41)17-8-18(28(30,31)32)12-19(9-17)29(33,34)35;1-3-34-20-13-17(12-19-15(2)14-35-22(19)20)21(27-18-6-4-16(5-7-18)23(25)26)24(30)28-36(31,32)29-8-10-33-11-9-29;1-4-33-19-13-15(11-16-12-18(9-10-29)34-21(16)19)20(23(30)27-35(31,32)28(2)3)26-17-7-5-14(6-8-17)22(24)25;1-30-7-6-15-9-13-8-12(10-16(21)18(13)31-15)17(20(27)26-32(24,28)29)25-14-4-2-11(3-5-14)19(22)23/h4-13,23,38H,3H2,1-2H3,(H,40,42)(H2,36,39,41)(H2,37,43,44);4-7,12-14,21,27H,3,8-11H2,1-2H3,(H3,25,26)(H,28,30);5-8,11-13,20,26,29H,4,9-10H2,1-3H3,(H3,24,25)(H,27,30);2-5,8-10,17,25H,6-7H2,1H3,(H3,22,23)(H,26,27)(H2,24,28,29). The molecule has 1 saturated heterocycles. The number of hydrogen-bond acceptors (Lipinski definition) is 31. The number of nitrogens with one attached hydrogen (secondary N) is 13. The average molecular weight is 2280 g/mol. The number of furan rings is 4. The molecule has 54 heteroatoms. The van der Waals surface area contributed by atoms with Crippen molar-refractivity contribution in [3.63, 3.8) is 0 Å². The second kappa shape index (κ2) is 49.4. The third kappa shape index (κ3) is 30.6. The second-order valence-electron chi connectivity index (χ2n) is 33.2. The first-order chi connectivity index (χ1) is 70.6. The number of rotatable bonds is 38. The van der Waals surface area contributed by atoms with Gasteiger partial charge in [-0.15, -0.1) is 0 Å². The quantitative estimate of drug-likeness (QED) is 0.00739. The normalized spacial score (nSPS) is 13.3. The minimum absolute atomic E-state index is 0.0217. The zero-order valence-electron chi connectivity index (χ0n) is 81.0. The molecule has 14 rings (SSSR count). The first-order valence-corrected chi connectivity index (χ1v) is 52.0. The number of nitrogen functional groups attached to an aromatic ring is 3. The summed E-state index contributed by atoms with van der Waals surface area (Å²) < 4.78 is 237. The highest BCUT2D eigenvalue weighted by molar-refractivity contribution is 14.1. The largest absolute Gasteiger partial charge is 0.490 e. The molecule has 0 spiro atoms. The maximum absolute atomic E-state index is 13.5. The number of aliphatic hydroxyl groups is 1. The highest BCUT2D eigenvalue weighted by Crippen LogP contribution is 2.42. The summed E-state index contributed by atoms with van der Waals surface area (Å²) in [7, 11) is -12.7. The Bertz CT molecular complexity index is 7660. The molecule has 0 radical (unpaired) electrons. The van der Waals surface area contributed by atoms with E-state index in [-0.39, 0.29) is 97.8 Å². The van der Waals surface area contributed by atoms with Gasteiger partial charge in [-0.25, -0.2) is 29.2 Å². The lowest BCUT2D eigenvalue weighted by molar-refractivity contribution is -0.143. The van der Waals surface area contributed by atoms with Crippen molar-refractivity contribution in [2.24, 2.45) is 27.5 Å². The lowest BCUT2D eigenvalue weighted by Gasteiger charge is -2.27. The van der Waals surface area contributed by atoms with E-state index in [2.05, 4.69) is 53.3 Å². The molecule has 0 saturated carbocycles. The number of morpholine rings is 1. The van der Waals surface area contributed by atoms with E-state index < -0.39 is 129 Å². The summed E-state index contributed by atoms with van der Waals surface area (Å²) >= 11 is 2.10. The molecule has 0 aliphatic carbocycles. The maximum atomic E-state index is 13.5. The van der Waals surface area contributed by atoms with Crippen LogP contribution in [0.15, 0.2) is 206 Å². The number of halogens is 7. The van der Waals surface area contributed by atoms with E-state index >= 15 is 0 Å². The topological polar surface area (TPSA) is 681 Å². The van der Waals surface area contributed by atoms with Crippen molar-refractivity contribution >= 4 is 183 Å². The third-order valence-corrected chi connectivity index (χ3v) is 26.7. The fraction of sp³-hybridized carbons (Fsp3) is 0.260. The Balaban J connectivity index is 0.000000192. The molecule has 4 atom stereocenters. The van der Waals surface area contributed by atoms with Gasteiger partial charge in [0.2, 0.25) is 0 Å². The highest BCUT2D eigenvalue weighted by Gasteiger charge is 2.40. The van der Waals surface area contributed by atoms with Crippen molar-refractivity contribution in [3.05, 3.63) is 276 Å². The lowest BCUT2D eigenvalue weighted by atomic mass is 10.0. The molecule has 24 N–H and O–H groups in total. The molecule has 1 fully saturated rings. The van der Waals surface area contributed by atoms with E-state index in [9.17, 15) is 89.1 Å². The number of carbonyl (C=O) groups is 5. The van der Waals surface area contributed by atoms with Gasteiger partial charge >= 0.3 is 32.8 Å². The number of hydrogen-bond donors (Lipinski definition) is 19. The van der Waals surface area contributed by atoms with Gasteiger partial charge in [-0.2, -0.15) is 68.6 Å². The molecule has 5 heterocycles. The van der Waals surface area contributed by atoms with Crippen LogP contribution in [0.3, 0.4) is 0 Å². The molecule has 1 aliphatic heterocycles. The number of ether oxygens (including phenoxy) is 5. The summed E-state index contributed by atoms with van der Waals surface area (Å²) in [4.78, 5) is 65.2. The lowest BCUT2D eigenvalue weighted by Crippen LogP contribution is -2.50. The van der Waals surface area contributed by atoms with Crippen LogP contribution < -0.4 is 87.2 Å². The summed E-state index contributed by atoms with van der Waals surface area (Å²) in [6, 6.07) is 37.3. The number of amides is 5. The summed E-state index contributed by atoms with van der Waals surface area (Å²) in [6.07, 6.45) is -6.39. The molecular formula is C96H105F6IN20O23S4. The fourth-order valence-electron chi connectivity index (χ4n) is 14.8. The van der Waals surface area contributed by atoms with Gasteiger partial charge in [0.25, 0.3) is 50.0 Å². The van der Waals surface area contributed by atoms with E-state index in [1.807, 2.05) is 30.0 Å². The Hall–Kier alpha value is -15.0. The number of carbonyl (C=O) groups excluding carboxylic acids is 5. The van der Waals surface area contributed by atoms with Crippen molar-refractivity contribution in [2.75, 3.05) is 102 Å². The van der Waals surface area contributed by atoms with Gasteiger partial charge < -0.3 is 90.2 Å². The molecule has 9 aromatic carbocycles. The van der Waals surface area contributed by atoms with Crippen LogP contribution in [-0.4, -0.2) is 181 Å². The first kappa shape index (κ1) is 115. The average Bonchev–Trinajstić information content (AvgIpc) is 1.71. The SMILES string of the molecule is CCOc1cc(C(Nc2ccc(C(=N)N)cc2)C(=O)NS(=O)(=O)N(C)C)cc2cc(CCO)oc12.CCOc1cc(C(Nc2ccc(C(=N)N)cc2)C(=O)NS(=O)(=O)N2CCOCC2)cc2c(C)coc12.CCOc1cc(C(Nc2ccc(C(=N)NC(=O)c3cc(C(F)(F)F)cc(C(F)(F)F)c3)cc2)C(=O)NS(N)(=O)=O)cc2c(C)coc12.COCCc1cc2cc(C(Nc3ccc(C(=N)N)cc3)C(=O)NS(N)(=O)=O)cc(I)c2o1. The highest BCUT2D eigenvalue weighted by atomic mass is 127. The van der Waals surface area contributed by atoms with Crippen LogP contribution in [0, 0.1) is 39.1 Å². The fourth-order valence-corrected chi connectivity index (χ4v) is 18.1. The Morgan fingerprint density at radius 2 is 0.827 bits per heavy atom. The van der Waals surface area contributed by atoms with Gasteiger partial charge in [-0.1, -0.05) is 0 Å². The van der Waals surface area contributed by atoms with E-state index in [0.29, 0.717) is 139 Å². The van der Waals surface area contributed by atoms with Gasteiger partial charge in [-0.05, 0) is 267 Å². The molecule has 150 heavy (non-hydrogen) atoms. The molecule has 800 valence electrons. The predicted molar refractivity (Wildman–Crippen MR) is 555 cm³/mol. The van der Waals surface area contributed by atoms with Crippen LogP contribution in [0.2, 0.25) is 0 Å². The number of aliphatic hydroxyl groups excluding tert-OH is 1. The first-order valence-electron chi connectivity index (χ1n) is 44.9. The van der Waals surface area contributed by atoms with E-state index in [0.717, 1.165) is 30.0 Å². The summed E-state index contributed by atoms with van der Waals surface area (Å²) in [5.41, 5.74) is 20.7. The van der Waals surface area contributed by atoms with Crippen LogP contribution in [0.5, 0.6) is 17.2 Å². The number of amidine groups is 4. The van der Waals surface area contributed by atoms with Gasteiger partial charge in [0, 0.05) is 119 Å². The summed E-state index contributed by atoms with van der Waals surface area (Å²) in [6.45, 7) is 11.2. The minimum Gasteiger partial charge on any atom is -0.490 e. The number of fused-ring (bicyclic) bond motifs is 4. The molecule has 4 aromatic heterocycles. The number of anilines is 4. The van der Waals surface area contributed by atoms with Crippen LogP contribution in [-0.2, 0) is 94.7 Å². The Morgan fingerprint density at radius 1 is 0.473 bits per heavy atom. The molecule has 43 nitrogen and oxygen atoms in total. The van der Waals surface area contributed by atoms with Crippen LogP contribution in [0.25, 0.3) is 43.9 Å². The van der Waals surface area contributed by atoms with Crippen LogP contribution in [0.1, 0.15) is 134 Å². The molecule has 13 aromatic rings. The van der Waals surface area contributed by atoms with Gasteiger partial charge in [0.05, 0.1) is 73.5 Å². The van der Waals surface area contributed by atoms with Gasteiger partial charge in [0.15, 0.2) is 34.0 Å². The third-order valence-electron chi connectivity index (χ3n) is 22.0. The summed E-state index contributed by atoms with van der Waals surface area (Å²) in [5, 5.41) is 66.8. The van der Waals surface area contributed by atoms with Crippen molar-refractivity contribution in [3.8, 4) is 17.2 Å². The molecular weight excluding hydrogens is 2170 g/mol. The predicted octanol–water partition coefficient (Wildman–Crippen LogP) is 11.4.